The Kier molecular flexibility index (Phi) is 9.27. The number of fused-ring (bicyclic) bond motifs is 1. The fraction of sp³-hybridized carbons (Fsp3) is 0.560. The van der Waals surface area contributed by atoms with E-state index in [1.807, 2.05) is 6.92 Å². The van der Waals surface area contributed by atoms with Gasteiger partial charge in [-0.25, -0.2) is 14.8 Å². The predicted molar refractivity (Wildman–Crippen MR) is 146 cm³/mol. The Morgan fingerprint density at radius 3 is 2.50 bits per heavy atom. The van der Waals surface area contributed by atoms with E-state index in [-0.39, 0.29) is 39.8 Å². The summed E-state index contributed by atoms with van der Waals surface area (Å²) in [5, 5.41) is 5.51. The summed E-state index contributed by atoms with van der Waals surface area (Å²) in [5.41, 5.74) is 1.22. The van der Waals surface area contributed by atoms with E-state index >= 15 is 0 Å². The van der Waals surface area contributed by atoms with E-state index < -0.39 is 26.6 Å². The van der Waals surface area contributed by atoms with E-state index in [1.54, 1.807) is 6.20 Å². The molecule has 7 nitrogen and oxygen atoms in total. The monoisotopic (exact) mass is 591 g/mol. The summed E-state index contributed by atoms with van der Waals surface area (Å²) >= 11 is 11.8. The fourth-order valence-corrected chi connectivity index (χ4v) is 5.02. The number of halogens is 5. The van der Waals surface area contributed by atoms with Gasteiger partial charge in [-0.1, -0.05) is 50.0 Å². The molecule has 38 heavy (non-hydrogen) atoms. The third-order valence-electron chi connectivity index (χ3n) is 6.98. The molecule has 3 rings (SSSR count). The molecule has 2 heterocycles. The lowest BCUT2D eigenvalue weighted by Crippen LogP contribution is -2.47. The van der Waals surface area contributed by atoms with Gasteiger partial charge in [0, 0.05) is 18.8 Å². The lowest BCUT2D eigenvalue weighted by Gasteiger charge is -2.37. The summed E-state index contributed by atoms with van der Waals surface area (Å²) in [6, 6.07) is 0.409. The van der Waals surface area contributed by atoms with Gasteiger partial charge in [0.25, 0.3) is 0 Å². The van der Waals surface area contributed by atoms with Crippen LogP contribution in [-0.2, 0) is 17.4 Å². The number of carbonyl (C=O) groups excluding carboxylic acids is 1. The Labute approximate surface area is 232 Å². The first-order valence-electron chi connectivity index (χ1n) is 12.3. The van der Waals surface area contributed by atoms with E-state index in [2.05, 4.69) is 54.5 Å². The molecular formula is C25H34Cl2F3N5O2Si. The number of nitrogens with zero attached hydrogens (tertiary/aromatic N) is 3. The molecule has 2 N–H and O–H groups in total. The second-order valence-electron chi connectivity index (χ2n) is 11.1. The highest BCUT2D eigenvalue weighted by Crippen LogP contribution is 2.37. The van der Waals surface area contributed by atoms with Gasteiger partial charge in [-0.2, -0.15) is 13.2 Å². The molecule has 1 aromatic heterocycles. The van der Waals surface area contributed by atoms with Gasteiger partial charge in [-0.15, -0.1) is 0 Å². The molecule has 0 fully saturated rings. The van der Waals surface area contributed by atoms with Crippen LogP contribution in [-0.4, -0.2) is 54.6 Å². The SMILES string of the molecule is C[C@@H](CO[Si](C)(C)C(C)(C)C)Nc1ncc2c(n1)CN(C(=O)N[C@@H](c1ccc(Cl)c(Cl)c1)C(F)(F)F)CC2. The largest absolute Gasteiger partial charge is 0.415 e. The highest BCUT2D eigenvalue weighted by Gasteiger charge is 2.43. The molecule has 2 amide bonds. The first kappa shape index (κ1) is 30.5. The normalized spacial score (nSPS) is 16.0. The van der Waals surface area contributed by atoms with Gasteiger partial charge < -0.3 is 20.0 Å². The van der Waals surface area contributed by atoms with Crippen LogP contribution in [0.1, 0.15) is 50.6 Å². The highest BCUT2D eigenvalue weighted by molar-refractivity contribution is 6.74. The average molecular weight is 593 g/mol. The van der Waals surface area contributed by atoms with Crippen molar-refractivity contribution in [1.82, 2.24) is 20.2 Å². The number of anilines is 1. The van der Waals surface area contributed by atoms with Crippen molar-refractivity contribution in [3.8, 4) is 0 Å². The smallest absolute Gasteiger partial charge is 0.412 e. The molecule has 0 aliphatic carbocycles. The van der Waals surface area contributed by atoms with Crippen LogP contribution < -0.4 is 10.6 Å². The average Bonchev–Trinajstić information content (AvgIpc) is 2.81. The van der Waals surface area contributed by atoms with Gasteiger partial charge in [0.05, 0.1) is 28.9 Å². The first-order valence-corrected chi connectivity index (χ1v) is 16.0. The Morgan fingerprint density at radius 1 is 1.21 bits per heavy atom. The maximum atomic E-state index is 13.8. The number of carbonyl (C=O) groups is 1. The molecule has 1 aliphatic heterocycles. The zero-order chi connectivity index (χ0) is 28.5. The van der Waals surface area contributed by atoms with Crippen LogP contribution in [0.5, 0.6) is 0 Å². The molecule has 0 radical (unpaired) electrons. The molecule has 0 bridgehead atoms. The Morgan fingerprint density at radius 2 is 1.89 bits per heavy atom. The van der Waals surface area contributed by atoms with E-state index in [4.69, 9.17) is 27.6 Å². The number of amides is 2. The van der Waals surface area contributed by atoms with Gasteiger partial charge in [0.2, 0.25) is 5.95 Å². The number of rotatable bonds is 7. The summed E-state index contributed by atoms with van der Waals surface area (Å²) < 4.78 is 47.8. The van der Waals surface area contributed by atoms with Crippen LogP contribution in [0.15, 0.2) is 24.4 Å². The maximum absolute atomic E-state index is 13.8. The van der Waals surface area contributed by atoms with Crippen molar-refractivity contribution >= 4 is 43.5 Å². The minimum absolute atomic E-state index is 0.0276. The van der Waals surface area contributed by atoms with Crippen molar-refractivity contribution in [1.29, 1.82) is 0 Å². The molecule has 0 saturated carbocycles. The molecule has 0 unspecified atom stereocenters. The van der Waals surface area contributed by atoms with Crippen LogP contribution >= 0.6 is 23.2 Å². The zero-order valence-corrected chi connectivity index (χ0v) is 24.9. The quantitative estimate of drug-likeness (QED) is 0.340. The van der Waals surface area contributed by atoms with Gasteiger partial charge in [0.1, 0.15) is 0 Å². The van der Waals surface area contributed by atoms with Crippen molar-refractivity contribution in [3.63, 3.8) is 0 Å². The second-order valence-corrected chi connectivity index (χ2v) is 16.7. The Bertz CT molecular complexity index is 1160. The molecule has 1 aromatic carbocycles. The molecule has 210 valence electrons. The van der Waals surface area contributed by atoms with Crippen LogP contribution in [0.3, 0.4) is 0 Å². The fourth-order valence-electron chi connectivity index (χ4n) is 3.62. The number of urea groups is 1. The predicted octanol–water partition coefficient (Wildman–Crippen LogP) is 6.98. The number of hydrogen-bond acceptors (Lipinski definition) is 5. The number of alkyl halides is 3. The number of hydrogen-bond donors (Lipinski definition) is 2. The number of benzene rings is 1. The summed E-state index contributed by atoms with van der Waals surface area (Å²) in [4.78, 5) is 23.1. The summed E-state index contributed by atoms with van der Waals surface area (Å²) in [6.07, 6.45) is -2.62. The maximum Gasteiger partial charge on any atom is 0.412 e. The van der Waals surface area contributed by atoms with Crippen LogP contribution in [0.4, 0.5) is 23.9 Å². The van der Waals surface area contributed by atoms with Gasteiger partial charge in [-0.3, -0.25) is 0 Å². The molecule has 0 spiro atoms. The lowest BCUT2D eigenvalue weighted by atomic mass is 10.1. The van der Waals surface area contributed by atoms with Crippen LogP contribution in [0, 0.1) is 0 Å². The standard InChI is InChI=1S/C25H34Cl2F3N5O2Si/c1-15(14-37-38(5,6)24(2,3)4)32-22-31-12-17-9-10-35(13-20(17)33-22)23(36)34-21(25(28,29)30)16-7-8-18(26)19(27)11-16/h7-8,11-12,15,21H,9-10,13-14H2,1-6H3,(H,34,36)(H,31,32,33)/t15-,21-/m0/s1. The van der Waals surface area contributed by atoms with Crippen LogP contribution in [0.2, 0.25) is 28.2 Å². The highest BCUT2D eigenvalue weighted by atomic mass is 35.5. The van der Waals surface area contributed by atoms with Gasteiger partial charge in [-0.05, 0) is 54.7 Å². The molecule has 1 aliphatic rings. The van der Waals surface area contributed by atoms with Crippen molar-refractivity contribution in [2.45, 2.75) is 77.1 Å². The molecule has 2 aromatic rings. The van der Waals surface area contributed by atoms with Crippen LogP contribution in [0.25, 0.3) is 0 Å². The second kappa shape index (κ2) is 11.6. The summed E-state index contributed by atoms with van der Waals surface area (Å²) in [5.74, 6) is 0.376. The van der Waals surface area contributed by atoms with Crippen molar-refractivity contribution in [2.24, 2.45) is 0 Å². The minimum atomic E-state index is -4.73. The zero-order valence-electron chi connectivity index (χ0n) is 22.3. The van der Waals surface area contributed by atoms with Gasteiger partial charge >= 0.3 is 12.2 Å². The number of nitrogens with one attached hydrogen (secondary N) is 2. The Hall–Kier alpha value is -2.08. The topological polar surface area (TPSA) is 79.4 Å². The first-order chi connectivity index (χ1) is 17.5. The van der Waals surface area contributed by atoms with Crippen molar-refractivity contribution < 1.29 is 22.4 Å². The summed E-state index contributed by atoms with van der Waals surface area (Å²) in [7, 11) is -1.91. The van der Waals surface area contributed by atoms with E-state index in [1.165, 1.54) is 17.0 Å². The molecular weight excluding hydrogens is 558 g/mol. The lowest BCUT2D eigenvalue weighted by molar-refractivity contribution is -0.155. The van der Waals surface area contributed by atoms with E-state index in [9.17, 15) is 18.0 Å². The third-order valence-corrected chi connectivity index (χ3v) is 12.2. The van der Waals surface area contributed by atoms with Crippen molar-refractivity contribution in [3.05, 3.63) is 51.3 Å². The summed E-state index contributed by atoms with van der Waals surface area (Å²) in [6.45, 7) is 13.6. The number of aromatic nitrogens is 2. The van der Waals surface area contributed by atoms with E-state index in [0.717, 1.165) is 11.6 Å². The van der Waals surface area contributed by atoms with E-state index in [0.29, 0.717) is 24.7 Å². The third kappa shape index (κ3) is 7.52. The molecule has 0 saturated heterocycles. The van der Waals surface area contributed by atoms with Gasteiger partial charge in [0.15, 0.2) is 14.4 Å². The molecule has 13 heteroatoms. The minimum Gasteiger partial charge on any atom is -0.415 e. The van der Waals surface area contributed by atoms with Crippen molar-refractivity contribution in [2.75, 3.05) is 18.5 Å². The Balaban J connectivity index is 1.67. The molecule has 2 atom stereocenters.